The third-order valence-electron chi connectivity index (χ3n) is 4.04. The van der Waals surface area contributed by atoms with Crippen molar-refractivity contribution in [1.82, 2.24) is 15.0 Å². The first-order valence-electron chi connectivity index (χ1n) is 7.60. The summed E-state index contributed by atoms with van der Waals surface area (Å²) in [5.74, 6) is 0.0363. The standard InChI is InChI=1S/C19H15N3O2/c1-12-15-4-2-3-5-16(15)22-18(12)13-6-8-14(9-7-13)24-19(23)17-10-20-11-21-17/h2-11,22H,1H3,(H,20,21). The van der Waals surface area contributed by atoms with Crippen molar-refractivity contribution in [2.75, 3.05) is 0 Å². The van der Waals surface area contributed by atoms with Crippen molar-refractivity contribution in [2.45, 2.75) is 6.92 Å². The van der Waals surface area contributed by atoms with Crippen LogP contribution in [0, 0.1) is 6.92 Å². The molecular formula is C19H15N3O2. The number of carbonyl (C=O) groups is 1. The fraction of sp³-hybridized carbons (Fsp3) is 0.0526. The molecule has 2 aromatic carbocycles. The van der Waals surface area contributed by atoms with Crippen LogP contribution in [0.4, 0.5) is 0 Å². The Morgan fingerprint density at radius 1 is 1.08 bits per heavy atom. The van der Waals surface area contributed by atoms with Crippen molar-refractivity contribution in [2.24, 2.45) is 0 Å². The normalized spacial score (nSPS) is 10.9. The van der Waals surface area contributed by atoms with Gasteiger partial charge in [-0.1, -0.05) is 18.2 Å². The maximum absolute atomic E-state index is 11.9. The highest BCUT2D eigenvalue weighted by Crippen LogP contribution is 2.30. The van der Waals surface area contributed by atoms with Crippen LogP contribution in [0.5, 0.6) is 5.75 Å². The molecule has 0 bridgehead atoms. The van der Waals surface area contributed by atoms with Gasteiger partial charge in [-0.2, -0.15) is 0 Å². The lowest BCUT2D eigenvalue weighted by Crippen LogP contribution is -2.08. The minimum absolute atomic E-state index is 0.325. The van der Waals surface area contributed by atoms with Crippen LogP contribution in [0.2, 0.25) is 0 Å². The van der Waals surface area contributed by atoms with E-state index in [4.69, 9.17) is 4.74 Å². The van der Waals surface area contributed by atoms with Gasteiger partial charge in [0.15, 0.2) is 0 Å². The lowest BCUT2D eigenvalue weighted by Gasteiger charge is -2.05. The van der Waals surface area contributed by atoms with E-state index in [1.54, 1.807) is 12.1 Å². The van der Waals surface area contributed by atoms with Gasteiger partial charge in [0.1, 0.15) is 11.4 Å². The zero-order valence-electron chi connectivity index (χ0n) is 13.0. The maximum Gasteiger partial charge on any atom is 0.361 e. The maximum atomic E-state index is 11.9. The summed E-state index contributed by atoms with van der Waals surface area (Å²) in [7, 11) is 0. The van der Waals surface area contributed by atoms with Gasteiger partial charge in [0.05, 0.1) is 12.5 Å². The number of benzene rings is 2. The van der Waals surface area contributed by atoms with Gasteiger partial charge in [-0.3, -0.25) is 0 Å². The summed E-state index contributed by atoms with van der Waals surface area (Å²) >= 11 is 0. The number of carbonyl (C=O) groups excluding carboxylic acids is 1. The number of hydrogen-bond donors (Lipinski definition) is 2. The van der Waals surface area contributed by atoms with E-state index < -0.39 is 5.97 Å². The predicted molar refractivity (Wildman–Crippen MR) is 92.0 cm³/mol. The van der Waals surface area contributed by atoms with E-state index in [-0.39, 0.29) is 0 Å². The monoisotopic (exact) mass is 317 g/mol. The molecular weight excluding hydrogens is 302 g/mol. The minimum Gasteiger partial charge on any atom is -0.422 e. The summed E-state index contributed by atoms with van der Waals surface area (Å²) in [4.78, 5) is 21.9. The fourth-order valence-electron chi connectivity index (χ4n) is 2.79. The Hall–Kier alpha value is -3.34. The summed E-state index contributed by atoms with van der Waals surface area (Å²) in [5, 5.41) is 1.21. The number of fused-ring (bicyclic) bond motifs is 1. The van der Waals surface area contributed by atoms with Crippen LogP contribution in [0.15, 0.2) is 61.1 Å². The van der Waals surface area contributed by atoms with Crippen molar-refractivity contribution in [1.29, 1.82) is 0 Å². The van der Waals surface area contributed by atoms with Gasteiger partial charge >= 0.3 is 5.97 Å². The minimum atomic E-state index is -0.456. The van der Waals surface area contributed by atoms with Crippen molar-refractivity contribution in [3.05, 3.63) is 72.3 Å². The van der Waals surface area contributed by atoms with E-state index in [1.807, 2.05) is 24.3 Å². The van der Waals surface area contributed by atoms with Crippen LogP contribution in [-0.2, 0) is 0 Å². The van der Waals surface area contributed by atoms with Crippen LogP contribution >= 0.6 is 0 Å². The zero-order valence-corrected chi connectivity index (χ0v) is 13.0. The quantitative estimate of drug-likeness (QED) is 0.442. The Balaban J connectivity index is 1.61. The molecule has 0 atom stereocenters. The molecule has 0 saturated heterocycles. The molecule has 24 heavy (non-hydrogen) atoms. The molecule has 0 aliphatic carbocycles. The second-order valence-electron chi connectivity index (χ2n) is 5.55. The van der Waals surface area contributed by atoms with E-state index in [1.165, 1.54) is 23.5 Å². The van der Waals surface area contributed by atoms with Crippen molar-refractivity contribution < 1.29 is 9.53 Å². The van der Waals surface area contributed by atoms with Gasteiger partial charge in [-0.25, -0.2) is 9.78 Å². The number of aromatic amines is 2. The molecule has 4 rings (SSSR count). The SMILES string of the molecule is Cc1c(-c2ccc(OC(=O)c3cnc[nH]3)cc2)[nH]c2ccccc12. The fourth-order valence-corrected chi connectivity index (χ4v) is 2.79. The molecule has 118 valence electrons. The van der Waals surface area contributed by atoms with Crippen molar-refractivity contribution in [3.8, 4) is 17.0 Å². The number of nitrogens with zero attached hydrogens (tertiary/aromatic N) is 1. The first-order valence-corrected chi connectivity index (χ1v) is 7.60. The van der Waals surface area contributed by atoms with Gasteiger partial charge in [-0.05, 0) is 48.4 Å². The smallest absolute Gasteiger partial charge is 0.361 e. The number of aromatic nitrogens is 3. The molecule has 4 aromatic rings. The molecule has 0 unspecified atom stereocenters. The van der Waals surface area contributed by atoms with Gasteiger partial charge in [0.2, 0.25) is 0 Å². The van der Waals surface area contributed by atoms with E-state index in [0.717, 1.165) is 16.8 Å². The molecule has 5 heteroatoms. The van der Waals surface area contributed by atoms with Crippen LogP contribution in [0.3, 0.4) is 0 Å². The number of hydrogen-bond acceptors (Lipinski definition) is 3. The summed E-state index contributed by atoms with van der Waals surface area (Å²) in [6, 6.07) is 15.7. The molecule has 0 aliphatic heterocycles. The number of aryl methyl sites for hydroxylation is 1. The molecule has 2 heterocycles. The number of imidazole rings is 1. The van der Waals surface area contributed by atoms with Crippen molar-refractivity contribution >= 4 is 16.9 Å². The lowest BCUT2D eigenvalue weighted by atomic mass is 10.1. The third-order valence-corrected chi connectivity index (χ3v) is 4.04. The Labute approximate surface area is 138 Å². The Kier molecular flexibility index (Phi) is 3.39. The van der Waals surface area contributed by atoms with Gasteiger partial charge in [-0.15, -0.1) is 0 Å². The number of rotatable bonds is 3. The van der Waals surface area contributed by atoms with Crippen LogP contribution in [-0.4, -0.2) is 20.9 Å². The molecule has 5 nitrogen and oxygen atoms in total. The number of H-pyrrole nitrogens is 2. The Morgan fingerprint density at radius 2 is 1.88 bits per heavy atom. The van der Waals surface area contributed by atoms with E-state index in [2.05, 4.69) is 34.0 Å². The molecule has 2 aromatic heterocycles. The average Bonchev–Trinajstić information content (AvgIpc) is 3.25. The predicted octanol–water partition coefficient (Wildman–Crippen LogP) is 4.09. The van der Waals surface area contributed by atoms with Gasteiger partial charge in [0.25, 0.3) is 0 Å². The first-order chi connectivity index (χ1) is 11.7. The van der Waals surface area contributed by atoms with Crippen LogP contribution < -0.4 is 4.74 Å². The molecule has 2 N–H and O–H groups in total. The number of esters is 1. The van der Waals surface area contributed by atoms with Crippen LogP contribution in [0.25, 0.3) is 22.2 Å². The highest BCUT2D eigenvalue weighted by molar-refractivity contribution is 5.91. The number of nitrogens with one attached hydrogen (secondary N) is 2. The van der Waals surface area contributed by atoms with Gasteiger partial charge < -0.3 is 14.7 Å². The highest BCUT2D eigenvalue weighted by atomic mass is 16.5. The Morgan fingerprint density at radius 3 is 2.58 bits per heavy atom. The topological polar surface area (TPSA) is 70.8 Å². The van der Waals surface area contributed by atoms with Crippen molar-refractivity contribution in [3.63, 3.8) is 0 Å². The summed E-state index contributed by atoms with van der Waals surface area (Å²) in [6.45, 7) is 2.10. The first kappa shape index (κ1) is 14.3. The van der Waals surface area contributed by atoms with E-state index in [9.17, 15) is 4.79 Å². The molecule has 0 fully saturated rings. The molecule has 0 spiro atoms. The summed E-state index contributed by atoms with van der Waals surface area (Å²) in [6.07, 6.45) is 2.88. The molecule has 0 saturated carbocycles. The lowest BCUT2D eigenvalue weighted by molar-refractivity contribution is 0.0729. The number of para-hydroxylation sites is 1. The molecule has 0 amide bonds. The third kappa shape index (κ3) is 2.46. The largest absolute Gasteiger partial charge is 0.422 e. The number of ether oxygens (including phenoxy) is 1. The summed E-state index contributed by atoms with van der Waals surface area (Å²) < 4.78 is 5.32. The zero-order chi connectivity index (χ0) is 16.5. The molecule has 0 aliphatic rings. The van der Waals surface area contributed by atoms with Gasteiger partial charge in [0, 0.05) is 16.6 Å². The molecule has 0 radical (unpaired) electrons. The highest BCUT2D eigenvalue weighted by Gasteiger charge is 2.12. The van der Waals surface area contributed by atoms with E-state index >= 15 is 0 Å². The van der Waals surface area contributed by atoms with Crippen LogP contribution in [0.1, 0.15) is 16.1 Å². The second kappa shape index (κ2) is 5.70. The van der Waals surface area contributed by atoms with E-state index in [0.29, 0.717) is 11.4 Å². The second-order valence-corrected chi connectivity index (χ2v) is 5.55. The average molecular weight is 317 g/mol. The Bertz CT molecular complexity index is 999. The summed E-state index contributed by atoms with van der Waals surface area (Å²) in [5.41, 5.74) is 4.76.